The third-order valence-electron chi connectivity index (χ3n) is 5.31. The number of hydrogen-bond acceptors (Lipinski definition) is 3. The normalized spacial score (nSPS) is 17.7. The molecule has 0 spiro atoms. The lowest BCUT2D eigenvalue weighted by Crippen LogP contribution is -2.42. The zero-order valence-electron chi connectivity index (χ0n) is 16.1. The minimum Gasteiger partial charge on any atom is -0.356 e. The number of likely N-dealkylation sites (tertiary alicyclic amines) is 1. The number of imidazole rings is 1. The third-order valence-corrected chi connectivity index (χ3v) is 5.31. The highest BCUT2D eigenvalue weighted by Crippen LogP contribution is 2.25. The first-order chi connectivity index (χ1) is 13.7. The molecule has 5 nitrogen and oxygen atoms in total. The highest BCUT2D eigenvalue weighted by atomic mass is 19.1. The number of rotatable bonds is 5. The molecule has 1 aliphatic heterocycles. The van der Waals surface area contributed by atoms with Gasteiger partial charge in [0, 0.05) is 18.8 Å². The molecule has 28 heavy (non-hydrogen) atoms. The van der Waals surface area contributed by atoms with E-state index in [0.717, 1.165) is 48.5 Å². The smallest absolute Gasteiger partial charge is 0.224 e. The van der Waals surface area contributed by atoms with Crippen LogP contribution in [0.4, 0.5) is 4.39 Å². The number of fused-ring (bicyclic) bond motifs is 1. The minimum atomic E-state index is -0.254. The number of aromatic nitrogens is 2. The van der Waals surface area contributed by atoms with Gasteiger partial charge in [-0.3, -0.25) is 14.3 Å². The predicted molar refractivity (Wildman–Crippen MR) is 108 cm³/mol. The maximum absolute atomic E-state index is 13.4. The maximum Gasteiger partial charge on any atom is 0.224 e. The van der Waals surface area contributed by atoms with Crippen LogP contribution in [0.2, 0.25) is 0 Å². The summed E-state index contributed by atoms with van der Waals surface area (Å²) >= 11 is 0. The average molecular weight is 380 g/mol. The van der Waals surface area contributed by atoms with Crippen LogP contribution in [0.25, 0.3) is 16.7 Å². The number of benzene rings is 2. The third kappa shape index (κ3) is 3.78. The summed E-state index contributed by atoms with van der Waals surface area (Å²) in [5, 5.41) is 2.94. The fourth-order valence-electron chi connectivity index (χ4n) is 3.99. The molecule has 0 unspecified atom stereocenters. The SMILES string of the molecule is CCNC(=O)[C@H]1CCCN(Cc2nc3ccccc3n2-c2ccc(F)cc2)C1. The molecule has 1 fully saturated rings. The summed E-state index contributed by atoms with van der Waals surface area (Å²) in [6, 6.07) is 14.5. The lowest BCUT2D eigenvalue weighted by atomic mass is 9.97. The lowest BCUT2D eigenvalue weighted by molar-refractivity contribution is -0.126. The Balaban J connectivity index is 1.64. The molecule has 1 N–H and O–H groups in total. The van der Waals surface area contributed by atoms with E-state index >= 15 is 0 Å². The molecule has 1 saturated heterocycles. The zero-order chi connectivity index (χ0) is 19.5. The van der Waals surface area contributed by atoms with E-state index in [-0.39, 0.29) is 17.6 Å². The predicted octanol–water partition coefficient (Wildman–Crippen LogP) is 3.51. The van der Waals surface area contributed by atoms with Crippen LogP contribution in [0.15, 0.2) is 48.5 Å². The summed E-state index contributed by atoms with van der Waals surface area (Å²) in [4.78, 5) is 19.4. The van der Waals surface area contributed by atoms with Crippen LogP contribution in [0.3, 0.4) is 0 Å². The molecule has 0 radical (unpaired) electrons. The highest BCUT2D eigenvalue weighted by Gasteiger charge is 2.26. The van der Waals surface area contributed by atoms with Crippen molar-refractivity contribution in [1.29, 1.82) is 0 Å². The van der Waals surface area contributed by atoms with Gasteiger partial charge >= 0.3 is 0 Å². The second kappa shape index (κ2) is 8.10. The van der Waals surface area contributed by atoms with E-state index < -0.39 is 0 Å². The van der Waals surface area contributed by atoms with Gasteiger partial charge in [0.05, 0.1) is 23.5 Å². The number of carbonyl (C=O) groups excluding carboxylic acids is 1. The van der Waals surface area contributed by atoms with E-state index in [2.05, 4.69) is 14.8 Å². The van der Waals surface area contributed by atoms with Crippen LogP contribution in [-0.4, -0.2) is 40.0 Å². The van der Waals surface area contributed by atoms with Gasteiger partial charge in [0.25, 0.3) is 0 Å². The second-order valence-electron chi connectivity index (χ2n) is 7.30. The molecule has 1 amide bonds. The topological polar surface area (TPSA) is 50.2 Å². The molecule has 146 valence electrons. The lowest BCUT2D eigenvalue weighted by Gasteiger charge is -2.31. The number of hydrogen-bond donors (Lipinski definition) is 1. The van der Waals surface area contributed by atoms with Gasteiger partial charge in [-0.15, -0.1) is 0 Å². The van der Waals surface area contributed by atoms with Crippen LogP contribution in [0, 0.1) is 11.7 Å². The van der Waals surface area contributed by atoms with Crippen LogP contribution < -0.4 is 5.32 Å². The Hall–Kier alpha value is -2.73. The Bertz CT molecular complexity index is 966. The van der Waals surface area contributed by atoms with Gasteiger partial charge in [0.2, 0.25) is 5.91 Å². The van der Waals surface area contributed by atoms with Crippen LogP contribution in [0.1, 0.15) is 25.6 Å². The van der Waals surface area contributed by atoms with E-state index in [4.69, 9.17) is 4.98 Å². The van der Waals surface area contributed by atoms with Crippen molar-refractivity contribution < 1.29 is 9.18 Å². The summed E-state index contributed by atoms with van der Waals surface area (Å²) in [7, 11) is 0. The first kappa shape index (κ1) is 18.6. The van der Waals surface area contributed by atoms with E-state index in [9.17, 15) is 9.18 Å². The summed E-state index contributed by atoms with van der Waals surface area (Å²) < 4.78 is 15.5. The summed E-state index contributed by atoms with van der Waals surface area (Å²) in [6.07, 6.45) is 1.93. The zero-order valence-corrected chi connectivity index (χ0v) is 16.1. The number of nitrogens with zero attached hydrogens (tertiary/aromatic N) is 3. The van der Waals surface area contributed by atoms with Gasteiger partial charge in [-0.2, -0.15) is 0 Å². The van der Waals surface area contributed by atoms with Crippen molar-refractivity contribution in [1.82, 2.24) is 19.8 Å². The molecular weight excluding hydrogens is 355 g/mol. The van der Waals surface area contributed by atoms with Crippen molar-refractivity contribution in [2.24, 2.45) is 5.92 Å². The monoisotopic (exact) mass is 380 g/mol. The Morgan fingerprint density at radius 1 is 1.21 bits per heavy atom. The fraction of sp³-hybridized carbons (Fsp3) is 0.364. The molecule has 3 aromatic rings. The van der Waals surface area contributed by atoms with Gasteiger partial charge in [-0.25, -0.2) is 9.37 Å². The summed E-state index contributed by atoms with van der Waals surface area (Å²) in [5.74, 6) is 0.816. The van der Waals surface area contributed by atoms with Crippen molar-refractivity contribution in [3.05, 3.63) is 60.2 Å². The largest absolute Gasteiger partial charge is 0.356 e. The number of piperidine rings is 1. The van der Waals surface area contributed by atoms with Crippen LogP contribution >= 0.6 is 0 Å². The quantitative estimate of drug-likeness (QED) is 0.737. The van der Waals surface area contributed by atoms with E-state index in [0.29, 0.717) is 13.1 Å². The summed E-state index contributed by atoms with van der Waals surface area (Å²) in [6.45, 7) is 4.95. The molecule has 1 aromatic heterocycles. The van der Waals surface area contributed by atoms with Crippen LogP contribution in [-0.2, 0) is 11.3 Å². The average Bonchev–Trinajstić information content (AvgIpc) is 3.07. The van der Waals surface area contributed by atoms with E-state index in [1.54, 1.807) is 12.1 Å². The Morgan fingerprint density at radius 2 is 2.00 bits per heavy atom. The van der Waals surface area contributed by atoms with E-state index in [1.807, 2.05) is 31.2 Å². The van der Waals surface area contributed by atoms with Crippen molar-refractivity contribution in [2.75, 3.05) is 19.6 Å². The van der Waals surface area contributed by atoms with Gasteiger partial charge in [-0.05, 0) is 62.7 Å². The molecule has 2 heterocycles. The molecule has 0 aliphatic carbocycles. The maximum atomic E-state index is 13.4. The fourth-order valence-corrected chi connectivity index (χ4v) is 3.99. The van der Waals surface area contributed by atoms with Gasteiger partial charge < -0.3 is 5.32 Å². The Labute approximate surface area is 164 Å². The number of halogens is 1. The number of para-hydroxylation sites is 2. The summed E-state index contributed by atoms with van der Waals surface area (Å²) in [5.41, 5.74) is 2.81. The standard InChI is InChI=1S/C22H25FN4O/c1-2-24-22(28)16-6-5-13-26(14-16)15-21-25-19-7-3-4-8-20(19)27(21)18-11-9-17(23)10-12-18/h3-4,7-12,16H,2,5-6,13-15H2,1H3,(H,24,28)/t16-/m0/s1. The van der Waals surface area contributed by atoms with Gasteiger partial charge in [0.1, 0.15) is 11.6 Å². The van der Waals surface area contributed by atoms with Crippen molar-refractivity contribution in [2.45, 2.75) is 26.3 Å². The van der Waals surface area contributed by atoms with Gasteiger partial charge in [-0.1, -0.05) is 12.1 Å². The Kier molecular flexibility index (Phi) is 5.39. The molecule has 1 atom stereocenters. The minimum absolute atomic E-state index is 0.0253. The van der Waals surface area contributed by atoms with Crippen molar-refractivity contribution in [3.8, 4) is 5.69 Å². The number of nitrogens with one attached hydrogen (secondary N) is 1. The highest BCUT2D eigenvalue weighted by molar-refractivity contribution is 5.79. The van der Waals surface area contributed by atoms with Crippen LogP contribution in [0.5, 0.6) is 0 Å². The second-order valence-corrected chi connectivity index (χ2v) is 7.30. The molecule has 2 aromatic carbocycles. The Morgan fingerprint density at radius 3 is 2.79 bits per heavy atom. The first-order valence-corrected chi connectivity index (χ1v) is 9.88. The van der Waals surface area contributed by atoms with Gasteiger partial charge in [0.15, 0.2) is 0 Å². The number of carbonyl (C=O) groups is 1. The molecule has 0 bridgehead atoms. The van der Waals surface area contributed by atoms with Crippen molar-refractivity contribution in [3.63, 3.8) is 0 Å². The van der Waals surface area contributed by atoms with Crippen molar-refractivity contribution >= 4 is 16.9 Å². The molecule has 0 saturated carbocycles. The molecule has 1 aliphatic rings. The molecular formula is C22H25FN4O. The van der Waals surface area contributed by atoms with E-state index in [1.165, 1.54) is 12.1 Å². The molecule has 6 heteroatoms. The first-order valence-electron chi connectivity index (χ1n) is 9.88. The molecule has 4 rings (SSSR count). The number of amides is 1.